The number of imidazole rings is 1. The Labute approximate surface area is 87.4 Å². The molecule has 0 bridgehead atoms. The Balaban J connectivity index is 2.45. The molecule has 1 atom stereocenters. The molecule has 78 valence electrons. The molecule has 0 spiro atoms. The Kier molecular flexibility index (Phi) is 2.51. The average molecular weight is 205 g/mol. The third-order valence-electron chi connectivity index (χ3n) is 2.24. The summed E-state index contributed by atoms with van der Waals surface area (Å²) < 4.78 is 14.6. The van der Waals surface area contributed by atoms with Crippen LogP contribution in [0.5, 0.6) is 0 Å². The van der Waals surface area contributed by atoms with Gasteiger partial charge in [0.25, 0.3) is 0 Å². The molecule has 2 aromatic rings. The van der Waals surface area contributed by atoms with E-state index in [1.807, 2.05) is 11.5 Å². The van der Waals surface area contributed by atoms with Gasteiger partial charge in [-0.2, -0.15) is 0 Å². The molecule has 0 aliphatic heterocycles. The van der Waals surface area contributed by atoms with Crippen molar-refractivity contribution in [2.45, 2.75) is 13.0 Å². The minimum atomic E-state index is -0.249. The summed E-state index contributed by atoms with van der Waals surface area (Å²) in [6.45, 7) is 1.89. The van der Waals surface area contributed by atoms with Gasteiger partial charge in [0.2, 0.25) is 0 Å². The summed E-state index contributed by atoms with van der Waals surface area (Å²) in [5.41, 5.74) is 7.56. The summed E-state index contributed by atoms with van der Waals surface area (Å²) in [6, 6.07) is 6.13. The molecule has 0 fully saturated rings. The van der Waals surface area contributed by atoms with Gasteiger partial charge in [-0.25, -0.2) is 9.37 Å². The maximum absolute atomic E-state index is 12.7. The molecule has 0 amide bonds. The predicted octanol–water partition coefficient (Wildman–Crippen LogP) is 2.03. The quantitative estimate of drug-likeness (QED) is 0.815. The monoisotopic (exact) mass is 205 g/mol. The molecule has 0 saturated heterocycles. The maximum Gasteiger partial charge on any atom is 0.123 e. The van der Waals surface area contributed by atoms with Crippen LogP contribution in [0.15, 0.2) is 36.8 Å². The number of nitrogens with two attached hydrogens (primary N) is 1. The van der Waals surface area contributed by atoms with Gasteiger partial charge < -0.3 is 10.3 Å². The van der Waals surface area contributed by atoms with Crippen LogP contribution in [0.3, 0.4) is 0 Å². The summed E-state index contributed by atoms with van der Waals surface area (Å²) in [5, 5.41) is 0. The van der Waals surface area contributed by atoms with Gasteiger partial charge in [0, 0.05) is 11.7 Å². The molecule has 3 nitrogen and oxygen atoms in total. The second kappa shape index (κ2) is 3.82. The molecular weight excluding hydrogens is 193 g/mol. The number of aromatic nitrogens is 2. The predicted molar refractivity (Wildman–Crippen MR) is 56.1 cm³/mol. The highest BCUT2D eigenvalue weighted by Gasteiger charge is 2.07. The Hall–Kier alpha value is -1.68. The molecule has 1 aromatic heterocycles. The topological polar surface area (TPSA) is 43.8 Å². The van der Waals surface area contributed by atoms with Crippen molar-refractivity contribution in [3.05, 3.63) is 48.3 Å². The van der Waals surface area contributed by atoms with E-state index in [0.717, 1.165) is 11.4 Å². The van der Waals surface area contributed by atoms with Crippen molar-refractivity contribution >= 4 is 0 Å². The van der Waals surface area contributed by atoms with Crippen molar-refractivity contribution in [1.82, 2.24) is 9.55 Å². The third-order valence-corrected chi connectivity index (χ3v) is 2.24. The molecule has 1 unspecified atom stereocenters. The van der Waals surface area contributed by atoms with Crippen molar-refractivity contribution in [3.63, 3.8) is 0 Å². The van der Waals surface area contributed by atoms with E-state index in [9.17, 15) is 4.39 Å². The number of hydrogen-bond acceptors (Lipinski definition) is 2. The molecule has 1 aromatic carbocycles. The first-order chi connectivity index (χ1) is 7.18. The second-order valence-corrected chi connectivity index (χ2v) is 3.45. The fraction of sp³-hybridized carbons (Fsp3) is 0.182. The van der Waals surface area contributed by atoms with E-state index in [1.54, 1.807) is 24.7 Å². The number of hydrogen-bond donors (Lipinski definition) is 1. The van der Waals surface area contributed by atoms with Crippen LogP contribution >= 0.6 is 0 Å². The Bertz CT molecular complexity index is 445. The first-order valence-corrected chi connectivity index (χ1v) is 4.72. The lowest BCUT2D eigenvalue weighted by molar-refractivity contribution is 0.627. The highest BCUT2D eigenvalue weighted by molar-refractivity contribution is 5.34. The third kappa shape index (κ3) is 1.89. The van der Waals surface area contributed by atoms with Crippen LogP contribution in [0.2, 0.25) is 0 Å². The van der Waals surface area contributed by atoms with Crippen LogP contribution < -0.4 is 5.73 Å². The van der Waals surface area contributed by atoms with E-state index in [1.165, 1.54) is 12.1 Å². The molecule has 4 heteroatoms. The highest BCUT2D eigenvalue weighted by atomic mass is 19.1. The van der Waals surface area contributed by atoms with Crippen molar-refractivity contribution in [1.29, 1.82) is 0 Å². The summed E-state index contributed by atoms with van der Waals surface area (Å²) in [4.78, 5) is 4.03. The lowest BCUT2D eigenvalue weighted by Gasteiger charge is -2.10. The van der Waals surface area contributed by atoms with Crippen LogP contribution in [-0.4, -0.2) is 9.55 Å². The van der Waals surface area contributed by atoms with E-state index in [2.05, 4.69) is 4.98 Å². The molecule has 0 radical (unpaired) electrons. The summed E-state index contributed by atoms with van der Waals surface area (Å²) in [7, 11) is 0. The fourth-order valence-corrected chi connectivity index (χ4v) is 1.46. The lowest BCUT2D eigenvalue weighted by atomic mass is 10.2. The van der Waals surface area contributed by atoms with Crippen LogP contribution in [0.1, 0.15) is 18.7 Å². The summed E-state index contributed by atoms with van der Waals surface area (Å²) >= 11 is 0. The van der Waals surface area contributed by atoms with Crippen LogP contribution in [0, 0.1) is 5.82 Å². The lowest BCUT2D eigenvalue weighted by Crippen LogP contribution is -2.10. The zero-order valence-electron chi connectivity index (χ0n) is 8.39. The first kappa shape index (κ1) is 9.86. The number of rotatable bonds is 2. The van der Waals surface area contributed by atoms with E-state index < -0.39 is 0 Å². The van der Waals surface area contributed by atoms with E-state index in [-0.39, 0.29) is 11.9 Å². The van der Waals surface area contributed by atoms with E-state index in [0.29, 0.717) is 0 Å². The molecular formula is C11H12FN3. The molecule has 15 heavy (non-hydrogen) atoms. The minimum absolute atomic E-state index is 0.0995. The molecule has 1 heterocycles. The number of halogens is 1. The Morgan fingerprint density at radius 3 is 2.60 bits per heavy atom. The minimum Gasteiger partial charge on any atom is -0.323 e. The Morgan fingerprint density at radius 1 is 1.33 bits per heavy atom. The average Bonchev–Trinajstić information content (AvgIpc) is 2.67. The SMILES string of the molecule is CC(N)c1cncn1-c1ccc(F)cc1. The largest absolute Gasteiger partial charge is 0.323 e. The van der Waals surface area contributed by atoms with Crippen LogP contribution in [0.4, 0.5) is 4.39 Å². The van der Waals surface area contributed by atoms with Crippen molar-refractivity contribution in [3.8, 4) is 5.69 Å². The number of benzene rings is 1. The Morgan fingerprint density at radius 2 is 2.00 bits per heavy atom. The van der Waals surface area contributed by atoms with Crippen molar-refractivity contribution < 1.29 is 4.39 Å². The van der Waals surface area contributed by atoms with Gasteiger partial charge in [0.15, 0.2) is 0 Å². The van der Waals surface area contributed by atoms with Gasteiger partial charge in [0.05, 0.1) is 18.2 Å². The highest BCUT2D eigenvalue weighted by Crippen LogP contribution is 2.15. The van der Waals surface area contributed by atoms with Crippen molar-refractivity contribution in [2.24, 2.45) is 5.73 Å². The first-order valence-electron chi connectivity index (χ1n) is 4.72. The number of nitrogens with zero attached hydrogens (tertiary/aromatic N) is 2. The molecule has 0 aliphatic rings. The molecule has 2 N–H and O–H groups in total. The van der Waals surface area contributed by atoms with Crippen LogP contribution in [-0.2, 0) is 0 Å². The molecule has 0 saturated carbocycles. The van der Waals surface area contributed by atoms with Gasteiger partial charge >= 0.3 is 0 Å². The van der Waals surface area contributed by atoms with Crippen LogP contribution in [0.25, 0.3) is 5.69 Å². The normalized spacial score (nSPS) is 12.7. The maximum atomic E-state index is 12.7. The van der Waals surface area contributed by atoms with Gasteiger partial charge in [0.1, 0.15) is 5.82 Å². The zero-order chi connectivity index (χ0) is 10.8. The van der Waals surface area contributed by atoms with Gasteiger partial charge in [-0.1, -0.05) is 0 Å². The van der Waals surface area contributed by atoms with Gasteiger partial charge in [-0.15, -0.1) is 0 Å². The van der Waals surface area contributed by atoms with Crippen molar-refractivity contribution in [2.75, 3.05) is 0 Å². The smallest absolute Gasteiger partial charge is 0.123 e. The van der Waals surface area contributed by atoms with Gasteiger partial charge in [-0.3, -0.25) is 0 Å². The zero-order valence-corrected chi connectivity index (χ0v) is 8.39. The second-order valence-electron chi connectivity index (χ2n) is 3.45. The fourth-order valence-electron chi connectivity index (χ4n) is 1.46. The molecule has 0 aliphatic carbocycles. The summed E-state index contributed by atoms with van der Waals surface area (Å²) in [6.07, 6.45) is 3.39. The van der Waals surface area contributed by atoms with Gasteiger partial charge in [-0.05, 0) is 31.2 Å². The standard InChI is InChI=1S/C11H12FN3/c1-8(13)11-6-14-7-15(11)10-4-2-9(12)3-5-10/h2-8H,13H2,1H3. The van der Waals surface area contributed by atoms with E-state index >= 15 is 0 Å². The summed E-state index contributed by atoms with van der Waals surface area (Å²) in [5.74, 6) is -0.249. The van der Waals surface area contributed by atoms with E-state index in [4.69, 9.17) is 5.73 Å². The molecule has 2 rings (SSSR count).